The van der Waals surface area contributed by atoms with E-state index in [2.05, 4.69) is 29.2 Å². The minimum atomic E-state index is 0.395. The summed E-state index contributed by atoms with van der Waals surface area (Å²) in [4.78, 5) is 2.51. The third-order valence-corrected chi connectivity index (χ3v) is 3.59. The second-order valence-corrected chi connectivity index (χ2v) is 5.22. The van der Waals surface area contributed by atoms with Crippen molar-refractivity contribution in [2.45, 2.75) is 46.2 Å². The molecule has 5 heteroatoms. The van der Waals surface area contributed by atoms with E-state index < -0.39 is 0 Å². The number of likely N-dealkylation sites (tertiary alicyclic amines) is 1. The van der Waals surface area contributed by atoms with Crippen LogP contribution in [0.2, 0.25) is 0 Å². The molecule has 1 fully saturated rings. The lowest BCUT2D eigenvalue weighted by molar-refractivity contribution is 0.327. The summed E-state index contributed by atoms with van der Waals surface area (Å²) in [7, 11) is 0. The fraction of sp³-hybridized carbons (Fsp3) is 0.769. The number of nitrogen functional groups attached to an aromatic ring is 1. The van der Waals surface area contributed by atoms with E-state index in [4.69, 9.17) is 5.73 Å². The molecule has 1 aromatic heterocycles. The number of nitrogens with two attached hydrogens (primary N) is 1. The molecule has 1 atom stereocenters. The molecule has 0 aliphatic carbocycles. The van der Waals surface area contributed by atoms with Gasteiger partial charge in [0, 0.05) is 19.1 Å². The predicted molar refractivity (Wildman–Crippen MR) is 75.8 cm³/mol. The van der Waals surface area contributed by atoms with Crippen molar-refractivity contribution in [3.8, 4) is 0 Å². The Morgan fingerprint density at radius 3 is 2.67 bits per heavy atom. The highest BCUT2D eigenvalue weighted by Gasteiger charge is 2.17. The summed E-state index contributed by atoms with van der Waals surface area (Å²) in [6.07, 6.45) is 2.67. The van der Waals surface area contributed by atoms with Crippen molar-refractivity contribution in [1.82, 2.24) is 14.7 Å². The van der Waals surface area contributed by atoms with E-state index in [9.17, 15) is 0 Å². The van der Waals surface area contributed by atoms with Crippen molar-refractivity contribution in [3.63, 3.8) is 0 Å². The van der Waals surface area contributed by atoms with E-state index in [0.29, 0.717) is 6.04 Å². The Morgan fingerprint density at radius 1 is 1.39 bits per heavy atom. The van der Waals surface area contributed by atoms with Gasteiger partial charge in [-0.3, -0.25) is 0 Å². The molecule has 1 aliphatic heterocycles. The summed E-state index contributed by atoms with van der Waals surface area (Å²) < 4.78 is 1.95. The number of rotatable bonds is 5. The SMILES string of the molecule is CCn1nc(C)c(N)c1NC(C)CN1CCCC1. The molecule has 0 spiro atoms. The summed E-state index contributed by atoms with van der Waals surface area (Å²) in [5.74, 6) is 0.974. The molecule has 0 radical (unpaired) electrons. The fourth-order valence-electron chi connectivity index (χ4n) is 2.61. The van der Waals surface area contributed by atoms with Gasteiger partial charge in [-0.25, -0.2) is 4.68 Å². The van der Waals surface area contributed by atoms with Crippen LogP contribution in [0.25, 0.3) is 0 Å². The van der Waals surface area contributed by atoms with Gasteiger partial charge < -0.3 is 16.0 Å². The van der Waals surface area contributed by atoms with Crippen molar-refractivity contribution in [3.05, 3.63) is 5.69 Å². The normalized spacial score (nSPS) is 18.2. The van der Waals surface area contributed by atoms with Crippen LogP contribution in [0.4, 0.5) is 11.5 Å². The molecule has 0 aromatic carbocycles. The largest absolute Gasteiger partial charge is 0.394 e. The summed E-state index contributed by atoms with van der Waals surface area (Å²) in [5, 5.41) is 7.94. The summed E-state index contributed by atoms with van der Waals surface area (Å²) in [5.41, 5.74) is 7.77. The van der Waals surface area contributed by atoms with Gasteiger partial charge in [0.2, 0.25) is 0 Å². The lowest BCUT2D eigenvalue weighted by Crippen LogP contribution is -2.33. The molecule has 5 nitrogen and oxygen atoms in total. The topological polar surface area (TPSA) is 59.1 Å². The maximum absolute atomic E-state index is 6.08. The predicted octanol–water partition coefficient (Wildman–Crippen LogP) is 1.69. The van der Waals surface area contributed by atoms with Crippen molar-refractivity contribution >= 4 is 11.5 Å². The number of hydrogen-bond donors (Lipinski definition) is 2. The average Bonchev–Trinajstić information content (AvgIpc) is 2.92. The number of aromatic nitrogens is 2. The van der Waals surface area contributed by atoms with Gasteiger partial charge in [0.25, 0.3) is 0 Å². The third-order valence-electron chi connectivity index (χ3n) is 3.59. The van der Waals surface area contributed by atoms with Gasteiger partial charge >= 0.3 is 0 Å². The first-order valence-electron chi connectivity index (χ1n) is 6.93. The van der Waals surface area contributed by atoms with Crippen LogP contribution in [0.3, 0.4) is 0 Å². The molecule has 0 amide bonds. The summed E-state index contributed by atoms with van der Waals surface area (Å²) >= 11 is 0. The monoisotopic (exact) mass is 251 g/mol. The molecule has 1 aromatic rings. The van der Waals surface area contributed by atoms with Gasteiger partial charge in [0.15, 0.2) is 0 Å². The number of aryl methyl sites for hydroxylation is 2. The molecule has 0 bridgehead atoms. The van der Waals surface area contributed by atoms with Gasteiger partial charge in [-0.1, -0.05) is 0 Å². The first-order chi connectivity index (χ1) is 8.61. The zero-order chi connectivity index (χ0) is 13.1. The van der Waals surface area contributed by atoms with Crippen LogP contribution in [0, 0.1) is 6.92 Å². The number of anilines is 2. The summed E-state index contributed by atoms with van der Waals surface area (Å²) in [6, 6.07) is 0.395. The second kappa shape index (κ2) is 5.61. The Morgan fingerprint density at radius 2 is 2.06 bits per heavy atom. The zero-order valence-corrected chi connectivity index (χ0v) is 11.7. The minimum absolute atomic E-state index is 0.395. The van der Waals surface area contributed by atoms with Crippen LogP contribution < -0.4 is 11.1 Å². The van der Waals surface area contributed by atoms with Crippen molar-refractivity contribution in [1.29, 1.82) is 0 Å². The van der Waals surface area contributed by atoms with Crippen molar-refractivity contribution in [2.24, 2.45) is 0 Å². The van der Waals surface area contributed by atoms with Crippen molar-refractivity contribution < 1.29 is 0 Å². The highest BCUT2D eigenvalue weighted by atomic mass is 15.3. The molecule has 3 N–H and O–H groups in total. The van der Waals surface area contributed by atoms with Crippen molar-refractivity contribution in [2.75, 3.05) is 30.7 Å². The summed E-state index contributed by atoms with van der Waals surface area (Å²) in [6.45, 7) is 10.6. The zero-order valence-electron chi connectivity index (χ0n) is 11.7. The van der Waals surface area contributed by atoms with E-state index in [1.165, 1.54) is 25.9 Å². The maximum atomic E-state index is 6.08. The minimum Gasteiger partial charge on any atom is -0.394 e. The van der Waals surface area contributed by atoms with Gasteiger partial charge in [0.05, 0.1) is 11.4 Å². The molecule has 18 heavy (non-hydrogen) atoms. The first-order valence-corrected chi connectivity index (χ1v) is 6.93. The Hall–Kier alpha value is -1.23. The fourth-order valence-corrected chi connectivity index (χ4v) is 2.61. The number of hydrogen-bond acceptors (Lipinski definition) is 4. The Balaban J connectivity index is 1.99. The first kappa shape index (κ1) is 13.2. The van der Waals surface area contributed by atoms with E-state index in [0.717, 1.165) is 30.3 Å². The molecule has 102 valence electrons. The van der Waals surface area contributed by atoms with Crippen LogP contribution in [0.1, 0.15) is 32.4 Å². The van der Waals surface area contributed by atoms with Crippen LogP contribution >= 0.6 is 0 Å². The quantitative estimate of drug-likeness (QED) is 0.836. The molecule has 1 aliphatic rings. The molecular weight excluding hydrogens is 226 g/mol. The highest BCUT2D eigenvalue weighted by molar-refractivity contribution is 5.65. The molecule has 1 unspecified atom stereocenters. The van der Waals surface area contributed by atoms with Gasteiger partial charge in [-0.05, 0) is 46.7 Å². The smallest absolute Gasteiger partial charge is 0.148 e. The molecular formula is C13H25N5. The second-order valence-electron chi connectivity index (χ2n) is 5.22. The Labute approximate surface area is 109 Å². The standard InChI is InChI=1S/C13H25N5/c1-4-18-13(12(14)11(3)16-18)15-10(2)9-17-7-5-6-8-17/h10,15H,4-9,14H2,1-3H3. The van der Waals surface area contributed by atoms with Crippen LogP contribution in [-0.4, -0.2) is 40.4 Å². The Bertz CT molecular complexity index is 392. The van der Waals surface area contributed by atoms with Gasteiger partial charge in [-0.15, -0.1) is 0 Å². The van der Waals surface area contributed by atoms with E-state index >= 15 is 0 Å². The highest BCUT2D eigenvalue weighted by Crippen LogP contribution is 2.23. The maximum Gasteiger partial charge on any atom is 0.148 e. The van der Waals surface area contributed by atoms with E-state index in [1.54, 1.807) is 0 Å². The van der Waals surface area contributed by atoms with Gasteiger partial charge in [0.1, 0.15) is 5.82 Å². The molecule has 0 saturated carbocycles. The third kappa shape index (κ3) is 2.77. The molecule has 2 rings (SSSR count). The van der Waals surface area contributed by atoms with Crippen LogP contribution in [0.15, 0.2) is 0 Å². The molecule has 1 saturated heterocycles. The van der Waals surface area contributed by atoms with Crippen LogP contribution in [-0.2, 0) is 6.54 Å². The van der Waals surface area contributed by atoms with E-state index in [1.807, 2.05) is 11.6 Å². The number of nitrogens with zero attached hydrogens (tertiary/aromatic N) is 3. The molecule has 2 heterocycles. The van der Waals surface area contributed by atoms with Crippen LogP contribution in [0.5, 0.6) is 0 Å². The Kier molecular flexibility index (Phi) is 4.11. The lowest BCUT2D eigenvalue weighted by Gasteiger charge is -2.22. The van der Waals surface area contributed by atoms with E-state index in [-0.39, 0.29) is 0 Å². The lowest BCUT2D eigenvalue weighted by atomic mass is 10.3. The van der Waals surface area contributed by atoms with Gasteiger partial charge in [-0.2, -0.15) is 5.10 Å². The number of nitrogens with one attached hydrogen (secondary N) is 1. The average molecular weight is 251 g/mol.